The lowest BCUT2D eigenvalue weighted by molar-refractivity contribution is -0.0136. The summed E-state index contributed by atoms with van der Waals surface area (Å²) >= 11 is 6.41. The highest BCUT2D eigenvalue weighted by molar-refractivity contribution is 6.33. The summed E-state index contributed by atoms with van der Waals surface area (Å²) in [5.74, 6) is -0.205. The summed E-state index contributed by atoms with van der Waals surface area (Å²) in [7, 11) is 0. The van der Waals surface area contributed by atoms with Gasteiger partial charge in [0.05, 0.1) is 41.3 Å². The number of benzene rings is 1. The van der Waals surface area contributed by atoms with Gasteiger partial charge < -0.3 is 20.3 Å². The number of ether oxygens (including phenoxy) is 1. The molecule has 9 heteroatoms. The Balaban J connectivity index is 1.83. The highest BCUT2D eigenvalue weighted by atomic mass is 35.5. The van der Waals surface area contributed by atoms with Crippen molar-refractivity contribution < 1.29 is 19.3 Å². The Morgan fingerprint density at radius 2 is 2.00 bits per heavy atom. The molecule has 0 saturated carbocycles. The summed E-state index contributed by atoms with van der Waals surface area (Å²) in [6.45, 7) is 8.13. The first-order valence-corrected chi connectivity index (χ1v) is 11.3. The van der Waals surface area contributed by atoms with E-state index in [9.17, 15) is 10.2 Å². The maximum atomic E-state index is 15.2. The minimum atomic E-state index is -1.14. The second-order valence-electron chi connectivity index (χ2n) is 9.23. The molecular weight excluding hydrogens is 447 g/mol. The number of aliphatic hydroxyl groups excluding tert-OH is 1. The predicted octanol–water partition coefficient (Wildman–Crippen LogP) is 4.40. The van der Waals surface area contributed by atoms with Crippen molar-refractivity contribution in [2.45, 2.75) is 57.8 Å². The van der Waals surface area contributed by atoms with Gasteiger partial charge in [0.2, 0.25) is 5.95 Å². The van der Waals surface area contributed by atoms with Crippen LogP contribution >= 0.6 is 11.6 Å². The van der Waals surface area contributed by atoms with E-state index >= 15 is 4.39 Å². The number of aromatic nitrogens is 3. The molecule has 0 bridgehead atoms. The lowest BCUT2D eigenvalue weighted by Gasteiger charge is -2.28. The Bertz CT molecular complexity index is 1180. The van der Waals surface area contributed by atoms with Crippen LogP contribution in [0.2, 0.25) is 5.02 Å². The van der Waals surface area contributed by atoms with Gasteiger partial charge >= 0.3 is 0 Å². The molecule has 3 heterocycles. The molecule has 3 aromatic rings. The molecule has 0 aliphatic carbocycles. The standard InChI is InChI=1S/C24H28ClFN4O3/c1-12(2)20-14-7-13(8-17(26)22(14)27-9-15(20)24(3,4)32)21-16(25)10-28-23(30-21)29-18-5-6-33-11-19(18)31/h7-10,12,18-19,31-32H,5-6,11H2,1-4H3,(H,28,29,30)/t18-,19+/m1/s1. The number of nitrogens with one attached hydrogen (secondary N) is 1. The van der Waals surface area contributed by atoms with E-state index in [1.807, 2.05) is 13.8 Å². The van der Waals surface area contributed by atoms with Gasteiger partial charge in [0, 0.05) is 29.3 Å². The second kappa shape index (κ2) is 9.10. The van der Waals surface area contributed by atoms with Crippen LogP contribution in [0.1, 0.15) is 51.2 Å². The Morgan fingerprint density at radius 3 is 2.67 bits per heavy atom. The molecule has 2 aromatic heterocycles. The maximum Gasteiger partial charge on any atom is 0.223 e. The van der Waals surface area contributed by atoms with Crippen molar-refractivity contribution in [3.8, 4) is 11.3 Å². The van der Waals surface area contributed by atoms with Crippen molar-refractivity contribution in [1.29, 1.82) is 0 Å². The van der Waals surface area contributed by atoms with Crippen molar-refractivity contribution in [3.05, 3.63) is 46.5 Å². The normalized spacial score (nSPS) is 19.3. The Kier molecular flexibility index (Phi) is 6.55. The maximum absolute atomic E-state index is 15.2. The Morgan fingerprint density at radius 1 is 1.24 bits per heavy atom. The smallest absolute Gasteiger partial charge is 0.223 e. The molecule has 7 nitrogen and oxygen atoms in total. The predicted molar refractivity (Wildman–Crippen MR) is 126 cm³/mol. The number of anilines is 1. The summed E-state index contributed by atoms with van der Waals surface area (Å²) in [4.78, 5) is 13.0. The minimum absolute atomic E-state index is 0.0136. The van der Waals surface area contributed by atoms with Gasteiger partial charge in [-0.25, -0.2) is 14.4 Å². The van der Waals surface area contributed by atoms with Gasteiger partial charge in [-0.3, -0.25) is 4.98 Å². The first-order chi connectivity index (χ1) is 15.6. The SMILES string of the molecule is CC(C)c1c(C(C)(C)O)cnc2c(F)cc(-c3nc(N[C@@H]4CCOC[C@@H]4O)ncc3Cl)cc12. The Labute approximate surface area is 197 Å². The quantitative estimate of drug-likeness (QED) is 0.504. The van der Waals surface area contributed by atoms with Crippen LogP contribution in [0.5, 0.6) is 0 Å². The molecule has 3 N–H and O–H groups in total. The summed E-state index contributed by atoms with van der Waals surface area (Å²) in [6, 6.07) is 2.90. The van der Waals surface area contributed by atoms with Gasteiger partial charge in [-0.05, 0) is 43.9 Å². The van der Waals surface area contributed by atoms with Crippen molar-refractivity contribution in [2.75, 3.05) is 18.5 Å². The molecule has 2 atom stereocenters. The fraction of sp³-hybridized carbons (Fsp3) is 0.458. The monoisotopic (exact) mass is 474 g/mol. The topological polar surface area (TPSA) is 100 Å². The molecule has 176 valence electrons. The van der Waals surface area contributed by atoms with Gasteiger partial charge in [-0.1, -0.05) is 25.4 Å². The molecule has 1 fully saturated rings. The summed E-state index contributed by atoms with van der Waals surface area (Å²) < 4.78 is 20.4. The number of hydrogen-bond acceptors (Lipinski definition) is 7. The van der Waals surface area contributed by atoms with Crippen molar-refractivity contribution >= 4 is 28.5 Å². The number of nitrogens with zero attached hydrogens (tertiary/aromatic N) is 3. The van der Waals surface area contributed by atoms with Crippen molar-refractivity contribution in [2.24, 2.45) is 0 Å². The number of fused-ring (bicyclic) bond motifs is 1. The molecule has 1 saturated heterocycles. The third kappa shape index (κ3) is 4.80. The largest absolute Gasteiger partial charge is 0.389 e. The van der Waals surface area contributed by atoms with E-state index in [-0.39, 0.29) is 35.1 Å². The van der Waals surface area contributed by atoms with Crippen LogP contribution in [-0.2, 0) is 10.3 Å². The molecule has 33 heavy (non-hydrogen) atoms. The molecule has 0 spiro atoms. The first kappa shape index (κ1) is 23.8. The lowest BCUT2D eigenvalue weighted by Crippen LogP contribution is -2.42. The van der Waals surface area contributed by atoms with Crippen LogP contribution in [0.4, 0.5) is 10.3 Å². The summed E-state index contributed by atoms with van der Waals surface area (Å²) in [6.07, 6.45) is 2.92. The van der Waals surface area contributed by atoms with Gasteiger partial charge in [0.1, 0.15) is 11.3 Å². The number of halogens is 2. The van der Waals surface area contributed by atoms with Crippen molar-refractivity contribution in [1.82, 2.24) is 15.0 Å². The van der Waals surface area contributed by atoms with Crippen molar-refractivity contribution in [3.63, 3.8) is 0 Å². The summed E-state index contributed by atoms with van der Waals surface area (Å²) in [5.41, 5.74) is 1.39. The van der Waals surface area contributed by atoms with E-state index in [4.69, 9.17) is 16.3 Å². The molecule has 0 amide bonds. The zero-order valence-corrected chi connectivity index (χ0v) is 19.8. The lowest BCUT2D eigenvalue weighted by atomic mass is 9.86. The number of rotatable bonds is 5. The molecule has 1 aliphatic rings. The van der Waals surface area contributed by atoms with Crippen LogP contribution < -0.4 is 5.32 Å². The fourth-order valence-corrected chi connectivity index (χ4v) is 4.42. The zero-order chi connectivity index (χ0) is 23.9. The third-order valence-electron chi connectivity index (χ3n) is 5.86. The Hall–Kier alpha value is -2.39. The van der Waals surface area contributed by atoms with Gasteiger partial charge in [0.25, 0.3) is 0 Å². The van der Waals surface area contributed by atoms with Crippen LogP contribution in [0.15, 0.2) is 24.5 Å². The highest BCUT2D eigenvalue weighted by Gasteiger charge is 2.27. The molecule has 1 aliphatic heterocycles. The number of hydrogen-bond donors (Lipinski definition) is 3. The van der Waals surface area contributed by atoms with Gasteiger partial charge in [-0.15, -0.1) is 0 Å². The first-order valence-electron chi connectivity index (χ1n) is 11.0. The number of aliphatic hydroxyl groups is 2. The van der Waals surface area contributed by atoms with Crippen LogP contribution in [0.25, 0.3) is 22.2 Å². The highest BCUT2D eigenvalue weighted by Crippen LogP contribution is 2.37. The van der Waals surface area contributed by atoms with Crippen LogP contribution in [-0.4, -0.2) is 50.5 Å². The average molecular weight is 475 g/mol. The van der Waals surface area contributed by atoms with E-state index in [0.717, 1.165) is 5.56 Å². The van der Waals surface area contributed by atoms with Gasteiger partial charge in [-0.2, -0.15) is 0 Å². The third-order valence-corrected chi connectivity index (χ3v) is 6.14. The molecular formula is C24H28ClFN4O3. The van der Waals surface area contributed by atoms with E-state index in [1.54, 1.807) is 26.1 Å². The fourth-order valence-electron chi connectivity index (χ4n) is 4.22. The van der Waals surface area contributed by atoms with E-state index in [2.05, 4.69) is 20.3 Å². The van der Waals surface area contributed by atoms with E-state index < -0.39 is 17.5 Å². The van der Waals surface area contributed by atoms with Crippen LogP contribution in [0, 0.1) is 5.82 Å². The molecule has 4 rings (SSSR count). The molecule has 0 radical (unpaired) electrons. The van der Waals surface area contributed by atoms with Gasteiger partial charge in [0.15, 0.2) is 0 Å². The van der Waals surface area contributed by atoms with E-state index in [1.165, 1.54) is 12.3 Å². The zero-order valence-electron chi connectivity index (χ0n) is 19.1. The minimum Gasteiger partial charge on any atom is -0.389 e. The molecule has 1 aromatic carbocycles. The number of pyridine rings is 1. The average Bonchev–Trinajstić information content (AvgIpc) is 2.75. The van der Waals surface area contributed by atoms with Crippen LogP contribution in [0.3, 0.4) is 0 Å². The van der Waals surface area contributed by atoms with E-state index in [0.29, 0.717) is 35.2 Å². The summed E-state index contributed by atoms with van der Waals surface area (Å²) in [5, 5.41) is 24.8. The second-order valence-corrected chi connectivity index (χ2v) is 9.63. The molecule has 0 unspecified atom stereocenters.